The third-order valence-electron chi connectivity index (χ3n) is 2.86. The number of nitrogen functional groups attached to an aromatic ring is 1. The van der Waals surface area contributed by atoms with Crippen LogP contribution in [0.2, 0.25) is 0 Å². The van der Waals surface area contributed by atoms with Crippen LogP contribution in [-0.4, -0.2) is 25.8 Å². The fourth-order valence-corrected chi connectivity index (χ4v) is 3.18. The van der Waals surface area contributed by atoms with Crippen LogP contribution in [0.25, 0.3) is 0 Å². The van der Waals surface area contributed by atoms with Gasteiger partial charge in [-0.1, -0.05) is 0 Å². The molecule has 1 unspecified atom stereocenters. The molecule has 1 aromatic rings. The van der Waals surface area contributed by atoms with Crippen LogP contribution < -0.4 is 5.73 Å². The van der Waals surface area contributed by atoms with Crippen molar-refractivity contribution < 1.29 is 8.42 Å². The number of nitrogens with two attached hydrogens (primary N) is 1. The van der Waals surface area contributed by atoms with Crippen molar-refractivity contribution in [2.75, 3.05) is 12.8 Å². The first-order valence-corrected chi connectivity index (χ1v) is 6.95. The summed E-state index contributed by atoms with van der Waals surface area (Å²) in [4.78, 5) is 0.226. The van der Waals surface area contributed by atoms with E-state index in [1.807, 2.05) is 6.07 Å². The fourth-order valence-electron chi connectivity index (χ4n) is 1.61. The first-order chi connectivity index (χ1) is 8.30. The standard InChI is InChI=1S/C12H17N3O2S/c1-9-8-11(14)4-5-12(9)18(16,17)15(3)10(2)6-7-13/h4-5,8,10H,6,14H2,1-3H3. The number of benzene rings is 1. The highest BCUT2D eigenvalue weighted by Crippen LogP contribution is 2.22. The molecule has 0 aliphatic heterocycles. The summed E-state index contributed by atoms with van der Waals surface area (Å²) in [6, 6.07) is 6.28. The normalized spacial score (nSPS) is 13.3. The number of sulfonamides is 1. The molecule has 6 heteroatoms. The largest absolute Gasteiger partial charge is 0.399 e. The van der Waals surface area contributed by atoms with E-state index in [9.17, 15) is 8.42 Å². The van der Waals surface area contributed by atoms with Gasteiger partial charge in [0.15, 0.2) is 0 Å². The molecule has 1 rings (SSSR count). The predicted octanol–water partition coefficient (Wildman–Crippen LogP) is 1.50. The maximum absolute atomic E-state index is 12.4. The molecule has 0 radical (unpaired) electrons. The van der Waals surface area contributed by atoms with Crippen molar-refractivity contribution in [3.8, 4) is 6.07 Å². The Morgan fingerprint density at radius 3 is 2.61 bits per heavy atom. The Kier molecular flexibility index (Phi) is 4.33. The van der Waals surface area contributed by atoms with Gasteiger partial charge in [-0.15, -0.1) is 0 Å². The van der Waals surface area contributed by atoms with Crippen molar-refractivity contribution in [1.82, 2.24) is 4.31 Å². The molecule has 0 spiro atoms. The van der Waals surface area contributed by atoms with Gasteiger partial charge in [-0.25, -0.2) is 8.42 Å². The van der Waals surface area contributed by atoms with Crippen LogP contribution in [0, 0.1) is 18.3 Å². The van der Waals surface area contributed by atoms with Gasteiger partial charge in [-0.05, 0) is 37.6 Å². The molecule has 0 heterocycles. The van der Waals surface area contributed by atoms with E-state index in [1.165, 1.54) is 17.4 Å². The van der Waals surface area contributed by atoms with Gasteiger partial charge in [0.25, 0.3) is 0 Å². The minimum atomic E-state index is -3.58. The second kappa shape index (κ2) is 5.38. The molecule has 1 aromatic carbocycles. The number of hydrogen-bond acceptors (Lipinski definition) is 4. The fraction of sp³-hybridized carbons (Fsp3) is 0.417. The summed E-state index contributed by atoms with van der Waals surface area (Å²) in [6.45, 7) is 3.40. The lowest BCUT2D eigenvalue weighted by atomic mass is 10.2. The van der Waals surface area contributed by atoms with Crippen LogP contribution in [0.4, 0.5) is 5.69 Å². The molecule has 0 aliphatic rings. The van der Waals surface area contributed by atoms with E-state index in [-0.39, 0.29) is 17.4 Å². The average molecular weight is 267 g/mol. The van der Waals surface area contributed by atoms with E-state index in [2.05, 4.69) is 0 Å². The molecular formula is C12H17N3O2S. The first kappa shape index (κ1) is 14.5. The third kappa shape index (κ3) is 2.81. The summed E-state index contributed by atoms with van der Waals surface area (Å²) in [6.07, 6.45) is 0.156. The molecule has 0 aromatic heterocycles. The van der Waals surface area contributed by atoms with Gasteiger partial charge in [0, 0.05) is 18.8 Å². The SMILES string of the molecule is Cc1cc(N)ccc1S(=O)(=O)N(C)C(C)CC#N. The first-order valence-electron chi connectivity index (χ1n) is 5.51. The Morgan fingerprint density at radius 1 is 1.50 bits per heavy atom. The summed E-state index contributed by atoms with van der Waals surface area (Å²) in [7, 11) is -2.10. The molecule has 0 fully saturated rings. The van der Waals surface area contributed by atoms with Crippen molar-refractivity contribution >= 4 is 15.7 Å². The van der Waals surface area contributed by atoms with Crippen LogP contribution in [-0.2, 0) is 10.0 Å². The molecule has 0 saturated heterocycles. The summed E-state index contributed by atoms with van der Waals surface area (Å²) < 4.78 is 25.9. The second-order valence-corrected chi connectivity index (χ2v) is 6.22. The number of nitrogens with zero attached hydrogens (tertiary/aromatic N) is 2. The molecular weight excluding hydrogens is 250 g/mol. The second-order valence-electron chi connectivity index (χ2n) is 4.26. The van der Waals surface area contributed by atoms with Crippen LogP contribution in [0.3, 0.4) is 0 Å². The van der Waals surface area contributed by atoms with Crippen LogP contribution in [0.1, 0.15) is 18.9 Å². The van der Waals surface area contributed by atoms with Gasteiger partial charge < -0.3 is 5.73 Å². The third-order valence-corrected chi connectivity index (χ3v) is 5.00. The van der Waals surface area contributed by atoms with Crippen LogP contribution in [0.15, 0.2) is 23.1 Å². The van der Waals surface area contributed by atoms with Crippen molar-refractivity contribution in [2.45, 2.75) is 31.2 Å². The van der Waals surface area contributed by atoms with Crippen molar-refractivity contribution in [3.63, 3.8) is 0 Å². The van der Waals surface area contributed by atoms with E-state index >= 15 is 0 Å². The van der Waals surface area contributed by atoms with Gasteiger partial charge >= 0.3 is 0 Å². The van der Waals surface area contributed by atoms with Gasteiger partial charge in [-0.3, -0.25) is 0 Å². The Hall–Kier alpha value is -1.58. The van der Waals surface area contributed by atoms with Gasteiger partial charge in [-0.2, -0.15) is 9.57 Å². The lowest BCUT2D eigenvalue weighted by Gasteiger charge is -2.23. The van der Waals surface area contributed by atoms with Gasteiger partial charge in [0.1, 0.15) is 0 Å². The maximum atomic E-state index is 12.4. The minimum Gasteiger partial charge on any atom is -0.399 e. The zero-order valence-electron chi connectivity index (χ0n) is 10.7. The molecule has 1 atom stereocenters. The lowest BCUT2D eigenvalue weighted by molar-refractivity contribution is 0.393. The smallest absolute Gasteiger partial charge is 0.243 e. The zero-order valence-corrected chi connectivity index (χ0v) is 11.5. The monoisotopic (exact) mass is 267 g/mol. The molecule has 0 bridgehead atoms. The molecule has 18 heavy (non-hydrogen) atoms. The van der Waals surface area contributed by atoms with E-state index in [0.717, 1.165) is 0 Å². The molecule has 2 N–H and O–H groups in total. The average Bonchev–Trinajstić information content (AvgIpc) is 2.27. The zero-order chi connectivity index (χ0) is 13.9. The van der Waals surface area contributed by atoms with Crippen LogP contribution in [0.5, 0.6) is 0 Å². The predicted molar refractivity (Wildman–Crippen MR) is 70.2 cm³/mol. The molecule has 0 amide bonds. The van der Waals surface area contributed by atoms with E-state index < -0.39 is 10.0 Å². The number of anilines is 1. The highest BCUT2D eigenvalue weighted by atomic mass is 32.2. The van der Waals surface area contributed by atoms with Gasteiger partial charge in [0.05, 0.1) is 17.4 Å². The van der Waals surface area contributed by atoms with E-state index in [4.69, 9.17) is 11.0 Å². The molecule has 0 aliphatic carbocycles. The summed E-state index contributed by atoms with van der Waals surface area (Å²) in [5, 5.41) is 8.62. The molecule has 5 nitrogen and oxygen atoms in total. The number of aryl methyl sites for hydroxylation is 1. The van der Waals surface area contributed by atoms with E-state index in [0.29, 0.717) is 11.3 Å². The Morgan fingerprint density at radius 2 is 2.11 bits per heavy atom. The number of rotatable bonds is 4. The Labute approximate surface area is 108 Å². The highest BCUT2D eigenvalue weighted by Gasteiger charge is 2.26. The maximum Gasteiger partial charge on any atom is 0.243 e. The van der Waals surface area contributed by atoms with Crippen molar-refractivity contribution in [3.05, 3.63) is 23.8 Å². The molecule has 0 saturated carbocycles. The van der Waals surface area contributed by atoms with Crippen LogP contribution >= 0.6 is 0 Å². The van der Waals surface area contributed by atoms with Gasteiger partial charge in [0.2, 0.25) is 10.0 Å². The summed E-state index contributed by atoms with van der Waals surface area (Å²) in [5.41, 5.74) is 6.73. The minimum absolute atomic E-state index is 0.156. The quantitative estimate of drug-likeness (QED) is 0.837. The summed E-state index contributed by atoms with van der Waals surface area (Å²) in [5.74, 6) is 0. The number of nitriles is 1. The molecule has 98 valence electrons. The Bertz CT molecular complexity index is 575. The Balaban J connectivity index is 3.18. The van der Waals surface area contributed by atoms with Crippen molar-refractivity contribution in [2.24, 2.45) is 0 Å². The lowest BCUT2D eigenvalue weighted by Crippen LogP contribution is -2.35. The highest BCUT2D eigenvalue weighted by molar-refractivity contribution is 7.89. The number of hydrogen-bond donors (Lipinski definition) is 1. The van der Waals surface area contributed by atoms with E-state index in [1.54, 1.807) is 26.0 Å². The van der Waals surface area contributed by atoms with Crippen molar-refractivity contribution in [1.29, 1.82) is 5.26 Å². The topological polar surface area (TPSA) is 87.2 Å². The summed E-state index contributed by atoms with van der Waals surface area (Å²) >= 11 is 0.